The van der Waals surface area contributed by atoms with E-state index in [1.165, 1.54) is 77.0 Å². The number of nitrogens with zero attached hydrogens (tertiary/aromatic N) is 9. The molecule has 0 radical (unpaired) electrons. The highest BCUT2D eigenvalue weighted by Crippen LogP contribution is 2.33. The number of aliphatic hydroxyl groups excluding tert-OH is 1. The minimum absolute atomic E-state index is 0.0132. The molecule has 9 N–H and O–H groups in total. The number of aromatic nitrogens is 8. The number of carbonyl (C=O) groups is 3. The summed E-state index contributed by atoms with van der Waals surface area (Å²) >= 11 is 0. The number of rotatable bonds is 43. The topological polar surface area (TPSA) is 368 Å². The number of aliphatic hydroxyl groups is 1. The van der Waals surface area contributed by atoms with E-state index in [4.69, 9.17) is 43.2 Å². The van der Waals surface area contributed by atoms with Crippen LogP contribution in [0.25, 0.3) is 0 Å². The van der Waals surface area contributed by atoms with Crippen LogP contribution in [-0.2, 0) is 52.6 Å². The number of Topliss-reactive ketones (excluding diaryl/α,β-unsaturated/α-hetero) is 2. The van der Waals surface area contributed by atoms with Gasteiger partial charge in [-0.05, 0) is 164 Å². The fraction of sp³-hybridized carbons (Fsp3) is 0.208. The van der Waals surface area contributed by atoms with Crippen molar-refractivity contribution in [3.8, 4) is 29.1 Å². The maximum absolute atomic E-state index is 14.3. The third-order valence-electron chi connectivity index (χ3n) is 18.0. The van der Waals surface area contributed by atoms with Gasteiger partial charge in [-0.25, -0.2) is 55.1 Å². The first-order valence-electron chi connectivity index (χ1n) is 40.6. The van der Waals surface area contributed by atoms with E-state index in [0.29, 0.717) is 88.6 Å². The van der Waals surface area contributed by atoms with Crippen molar-refractivity contribution in [2.24, 2.45) is 0 Å². The average molecular weight is 1830 g/mol. The molecule has 0 saturated carbocycles. The Bertz CT molecular complexity index is 6100. The summed E-state index contributed by atoms with van der Waals surface area (Å²) in [5.74, 6) is -4.80. The number of nitriles is 1. The second-order valence-electron chi connectivity index (χ2n) is 28.9. The van der Waals surface area contributed by atoms with Crippen molar-refractivity contribution < 1.29 is 92.5 Å². The molecule has 12 aromatic rings. The summed E-state index contributed by atoms with van der Waals surface area (Å²) in [6.07, 6.45) is 5.15. The molecule has 0 bridgehead atoms. The van der Waals surface area contributed by atoms with Gasteiger partial charge in [0.05, 0.1) is 62.9 Å². The van der Waals surface area contributed by atoms with Gasteiger partial charge in [-0.3, -0.25) is 14.4 Å². The van der Waals surface area contributed by atoms with Gasteiger partial charge in [0.15, 0.2) is 110 Å². The highest BCUT2D eigenvalue weighted by molar-refractivity contribution is 5.96. The first-order chi connectivity index (χ1) is 63.9. The molecule has 0 saturated heterocycles. The van der Waals surface area contributed by atoms with Crippen LogP contribution in [0.1, 0.15) is 56.1 Å². The lowest BCUT2D eigenvalue weighted by molar-refractivity contribution is -0.115. The first kappa shape index (κ1) is 101. The van der Waals surface area contributed by atoms with Gasteiger partial charge in [-0.2, -0.15) is 25.2 Å². The SMILES string of the molecule is C=C(C#N)C(O)c1ccc(Nc2nc(Nc3ccc(OCCOC)c(F)c3)ncc2F)cc1.C=C(C)C(=O)Cc1ccc(Nc2nc(Nc3ccc(OCCOC)c(F)c3)ncc2F)cc1.C=C(C)C(=O)Cc1cccc(Nc2nc(Nc3ccc(OCCOC)c(F)c3)ncc2F)c1.COCCOc1ccc(Nc2ncc(F)c(Nc3cccc(CC(=O)C=C(C)C)c3)n2)cc1F. The predicted octanol–water partition coefficient (Wildman–Crippen LogP) is 19.6. The summed E-state index contributed by atoms with van der Waals surface area (Å²) in [6, 6.07) is 46.3. The molecule has 37 heteroatoms. The molecule has 0 amide bonds. The smallest absolute Gasteiger partial charge is 0.229 e. The molecule has 0 aliphatic heterocycles. The fourth-order valence-electron chi connectivity index (χ4n) is 11.3. The molecule has 4 aromatic heterocycles. The van der Waals surface area contributed by atoms with E-state index < -0.39 is 52.6 Å². The maximum atomic E-state index is 14.3. The number of hydrogen-bond acceptors (Lipinski definition) is 29. The lowest BCUT2D eigenvalue weighted by Gasteiger charge is -2.12. The maximum Gasteiger partial charge on any atom is 0.229 e. The number of hydrogen-bond donors (Lipinski definition) is 9. The number of ether oxygens (including phenoxy) is 8. The van der Waals surface area contributed by atoms with E-state index >= 15 is 0 Å². The summed E-state index contributed by atoms with van der Waals surface area (Å²) in [5, 5.41) is 41.7. The van der Waals surface area contributed by atoms with E-state index in [1.54, 1.807) is 141 Å². The highest BCUT2D eigenvalue weighted by Gasteiger charge is 2.19. The Morgan fingerprint density at radius 1 is 0.368 bits per heavy atom. The van der Waals surface area contributed by atoms with Crippen LogP contribution in [0.5, 0.6) is 23.0 Å². The van der Waals surface area contributed by atoms with E-state index in [9.17, 15) is 54.6 Å². The van der Waals surface area contributed by atoms with Gasteiger partial charge in [-0.15, -0.1) is 0 Å². The van der Waals surface area contributed by atoms with Crippen LogP contribution >= 0.6 is 0 Å². The molecule has 0 spiro atoms. The van der Waals surface area contributed by atoms with Gasteiger partial charge in [-0.1, -0.05) is 73.8 Å². The molecule has 0 fully saturated rings. The van der Waals surface area contributed by atoms with E-state index in [0.717, 1.165) is 47.1 Å². The molecular weight excluding hydrogens is 1740 g/mol. The second-order valence-corrected chi connectivity index (χ2v) is 28.9. The number of carbonyl (C=O) groups excluding carboxylic acids is 3. The van der Waals surface area contributed by atoms with Crippen LogP contribution in [0.3, 0.4) is 0 Å². The number of halogens is 8. The van der Waals surface area contributed by atoms with Gasteiger partial charge < -0.3 is 85.5 Å². The Balaban J connectivity index is 0.000000199. The van der Waals surface area contributed by atoms with Crippen molar-refractivity contribution >= 4 is 110 Å². The molecule has 29 nitrogen and oxygen atoms in total. The van der Waals surface area contributed by atoms with Crippen LogP contribution < -0.4 is 61.5 Å². The molecule has 1 unspecified atom stereocenters. The average Bonchev–Trinajstić information content (AvgIpc) is 0.825. The van der Waals surface area contributed by atoms with Gasteiger partial charge in [0.1, 0.15) is 32.5 Å². The summed E-state index contributed by atoms with van der Waals surface area (Å²) in [6.45, 7) is 20.1. The third-order valence-corrected chi connectivity index (χ3v) is 18.0. The van der Waals surface area contributed by atoms with E-state index in [-0.39, 0.29) is 139 Å². The van der Waals surface area contributed by atoms with E-state index in [2.05, 4.69) is 102 Å². The first-order valence-corrected chi connectivity index (χ1v) is 40.6. The molecular formula is C96H95F8N17O12. The van der Waals surface area contributed by atoms with Crippen LogP contribution in [0.4, 0.5) is 128 Å². The van der Waals surface area contributed by atoms with Crippen LogP contribution in [-0.4, -0.2) is 144 Å². The van der Waals surface area contributed by atoms with Gasteiger partial charge in [0.2, 0.25) is 23.8 Å². The minimum atomic E-state index is -1.12. The summed E-state index contributed by atoms with van der Waals surface area (Å²) in [5.41, 5.74) is 8.35. The zero-order chi connectivity index (χ0) is 95.9. The van der Waals surface area contributed by atoms with Crippen LogP contribution in [0, 0.1) is 57.9 Å². The molecule has 133 heavy (non-hydrogen) atoms. The quantitative estimate of drug-likeness (QED) is 0.00742. The van der Waals surface area contributed by atoms with Crippen LogP contribution in [0.2, 0.25) is 0 Å². The molecule has 0 aliphatic carbocycles. The number of anilines is 16. The van der Waals surface area contributed by atoms with Crippen molar-refractivity contribution in [1.82, 2.24) is 39.9 Å². The number of methoxy groups -OCH3 is 4. The van der Waals surface area contributed by atoms with Crippen molar-refractivity contribution in [3.05, 3.63) is 312 Å². The second kappa shape index (κ2) is 51.5. The summed E-state index contributed by atoms with van der Waals surface area (Å²) in [7, 11) is 6.11. The molecule has 4 heterocycles. The van der Waals surface area contributed by atoms with Gasteiger partial charge in [0.25, 0.3) is 0 Å². The van der Waals surface area contributed by atoms with Crippen LogP contribution in [0.15, 0.2) is 243 Å². The normalized spacial score (nSPS) is 10.7. The third kappa shape index (κ3) is 33.1. The molecule has 12 rings (SSSR count). The Kier molecular flexibility index (Phi) is 39.2. The summed E-state index contributed by atoms with van der Waals surface area (Å²) < 4.78 is 155. The number of benzene rings is 8. The van der Waals surface area contributed by atoms with Gasteiger partial charge >= 0.3 is 0 Å². The van der Waals surface area contributed by atoms with Crippen molar-refractivity contribution in [3.63, 3.8) is 0 Å². The zero-order valence-electron chi connectivity index (χ0n) is 73.5. The standard InChI is InChI=1S/C25H26F2N4O3.2C24H24F2N4O3.C23H21F2N5O3/c1-16(2)11-20(32)13-17-5-4-6-18(12-17)29-24-22(27)15-28-25(31-24)30-19-7-8-23(21(26)14-19)34-10-9-33-3;1-15(2)21(31)12-16-4-6-17(7-5-16)28-23-20(26)14-27-24(30-23)29-18-8-9-22(19(25)13-18)33-11-10-32-3;1-15(2)21(31)12-16-5-4-6-17(11-16)28-23-20(26)14-27-24(30-23)29-18-7-8-22(19(25)13-18)33-10-9-32-3;1-14(12-26)21(31)15-3-5-16(6-4-15)28-22-19(25)13-27-23(30-22)29-17-7-8-20(18(24)11-17)33-10-9-32-2/h4-8,11-12,14-15H,9-10,13H2,1-3H3,(H2,28,29,30,31);4-9,13-14H,1,10-12H2,2-3H3,(H2,27,28,29,30);4-8,11,13-14H,1,9-10,12H2,2-3H3,(H2,27,28,29,30);3-8,11,13,21,31H,1,9-10H2,2H3,(H2,27,28,29,30). The van der Waals surface area contributed by atoms with E-state index in [1.807, 2.05) is 19.9 Å². The van der Waals surface area contributed by atoms with Crippen molar-refractivity contribution in [1.29, 1.82) is 5.26 Å². The Hall–Kier alpha value is -15.6. The Morgan fingerprint density at radius 3 is 0.947 bits per heavy atom. The van der Waals surface area contributed by atoms with Crippen molar-refractivity contribution in [2.45, 2.75) is 53.1 Å². The molecule has 8 aromatic carbocycles. The largest absolute Gasteiger partial charge is 0.488 e. The fourth-order valence-corrected chi connectivity index (χ4v) is 11.3. The van der Waals surface area contributed by atoms with Gasteiger partial charge in [0, 0.05) is 117 Å². The molecule has 0 aliphatic rings. The monoisotopic (exact) mass is 1830 g/mol. The predicted molar refractivity (Wildman–Crippen MR) is 490 cm³/mol. The molecule has 692 valence electrons. The number of nitrogens with one attached hydrogen (secondary N) is 8. The Morgan fingerprint density at radius 2 is 0.654 bits per heavy atom. The lowest BCUT2D eigenvalue weighted by atomic mass is 10.0. The minimum Gasteiger partial charge on any atom is -0.488 e. The Labute approximate surface area is 761 Å². The lowest BCUT2D eigenvalue weighted by Crippen LogP contribution is -2.06. The molecule has 1 atom stereocenters. The summed E-state index contributed by atoms with van der Waals surface area (Å²) in [4.78, 5) is 67.9. The zero-order valence-corrected chi connectivity index (χ0v) is 73.5. The number of allylic oxidation sites excluding steroid dienone is 4. The number of ketones is 3. The van der Waals surface area contributed by atoms with Crippen molar-refractivity contribution in [2.75, 3.05) is 124 Å². The highest BCUT2D eigenvalue weighted by atomic mass is 19.2.